The normalized spacial score (nSPS) is 16.7. The van der Waals surface area contributed by atoms with Crippen molar-refractivity contribution in [3.63, 3.8) is 0 Å². The van der Waals surface area contributed by atoms with Crippen LogP contribution in [0.4, 0.5) is 11.6 Å². The summed E-state index contributed by atoms with van der Waals surface area (Å²) in [6.07, 6.45) is 5.79. The lowest BCUT2D eigenvalue weighted by Gasteiger charge is -2.27. The van der Waals surface area contributed by atoms with Crippen LogP contribution in [0.1, 0.15) is 19.3 Å². The van der Waals surface area contributed by atoms with Gasteiger partial charge in [-0.1, -0.05) is 11.8 Å². The zero-order valence-electron chi connectivity index (χ0n) is 8.94. The van der Waals surface area contributed by atoms with Crippen LogP contribution in [0.3, 0.4) is 0 Å². The average molecular weight is 224 g/mol. The van der Waals surface area contributed by atoms with Crippen LogP contribution in [-0.2, 0) is 0 Å². The lowest BCUT2D eigenvalue weighted by Crippen LogP contribution is -2.30. The molecule has 2 rings (SSSR count). The Bertz CT molecular complexity index is 336. The summed E-state index contributed by atoms with van der Waals surface area (Å²) in [6, 6.07) is 1.87. The third-order valence-electron chi connectivity index (χ3n) is 2.57. The van der Waals surface area contributed by atoms with Crippen LogP contribution < -0.4 is 10.6 Å². The van der Waals surface area contributed by atoms with Gasteiger partial charge in [0.2, 0.25) is 0 Å². The number of nitrogen functional groups attached to an aromatic ring is 1. The van der Waals surface area contributed by atoms with Crippen LogP contribution in [0, 0.1) is 0 Å². The fourth-order valence-electron chi connectivity index (χ4n) is 1.81. The monoisotopic (exact) mass is 224 g/mol. The number of anilines is 2. The molecular weight excluding hydrogens is 208 g/mol. The van der Waals surface area contributed by atoms with E-state index in [2.05, 4.69) is 14.9 Å². The van der Waals surface area contributed by atoms with Gasteiger partial charge < -0.3 is 10.6 Å². The first-order valence-corrected chi connectivity index (χ1v) is 6.45. The molecule has 0 bridgehead atoms. The average Bonchev–Trinajstić information content (AvgIpc) is 2.29. The summed E-state index contributed by atoms with van der Waals surface area (Å²) in [5.41, 5.74) is 5.75. The predicted octanol–water partition coefficient (Wildman–Crippen LogP) is 1.77. The number of nitrogens with zero attached hydrogens (tertiary/aromatic N) is 3. The lowest BCUT2D eigenvalue weighted by atomic mass is 10.1. The summed E-state index contributed by atoms with van der Waals surface area (Å²) >= 11 is 1.53. The molecular formula is C10H16N4S. The Morgan fingerprint density at radius 2 is 2.00 bits per heavy atom. The number of nitrogens with two attached hydrogens (primary N) is 1. The van der Waals surface area contributed by atoms with Crippen molar-refractivity contribution >= 4 is 23.4 Å². The summed E-state index contributed by atoms with van der Waals surface area (Å²) in [5.74, 6) is 1.54. The highest BCUT2D eigenvalue weighted by Gasteiger charge is 2.13. The highest BCUT2D eigenvalue weighted by atomic mass is 32.2. The van der Waals surface area contributed by atoms with E-state index in [4.69, 9.17) is 5.73 Å². The molecule has 82 valence electrons. The largest absolute Gasteiger partial charge is 0.383 e. The molecule has 0 atom stereocenters. The van der Waals surface area contributed by atoms with Crippen molar-refractivity contribution in [2.24, 2.45) is 0 Å². The quantitative estimate of drug-likeness (QED) is 0.613. The summed E-state index contributed by atoms with van der Waals surface area (Å²) < 4.78 is 0. The second-order valence-corrected chi connectivity index (χ2v) is 4.46. The topological polar surface area (TPSA) is 55.0 Å². The second kappa shape index (κ2) is 4.70. The molecule has 2 heterocycles. The molecule has 1 aliphatic heterocycles. The van der Waals surface area contributed by atoms with Crippen LogP contribution in [0.2, 0.25) is 0 Å². The zero-order valence-corrected chi connectivity index (χ0v) is 9.76. The molecule has 15 heavy (non-hydrogen) atoms. The van der Waals surface area contributed by atoms with Crippen LogP contribution in [0.15, 0.2) is 11.2 Å². The molecule has 5 heteroatoms. The Kier molecular flexibility index (Phi) is 3.30. The molecule has 1 aromatic rings. The van der Waals surface area contributed by atoms with Gasteiger partial charge in [0.15, 0.2) is 5.16 Å². The summed E-state index contributed by atoms with van der Waals surface area (Å²) in [6.45, 7) is 2.18. The molecule has 1 saturated heterocycles. The van der Waals surface area contributed by atoms with Gasteiger partial charge in [-0.15, -0.1) is 0 Å². The van der Waals surface area contributed by atoms with Crippen LogP contribution in [0.5, 0.6) is 0 Å². The number of piperidine rings is 1. The van der Waals surface area contributed by atoms with Gasteiger partial charge in [-0.05, 0) is 25.5 Å². The van der Waals surface area contributed by atoms with Crippen molar-refractivity contribution in [2.75, 3.05) is 30.0 Å². The Balaban J connectivity index is 2.22. The van der Waals surface area contributed by atoms with Crippen molar-refractivity contribution < 1.29 is 0 Å². The summed E-state index contributed by atoms with van der Waals surface area (Å²) in [7, 11) is 0. The molecule has 2 N–H and O–H groups in total. The molecule has 1 aromatic heterocycles. The highest BCUT2D eigenvalue weighted by molar-refractivity contribution is 7.98. The molecule has 0 spiro atoms. The van der Waals surface area contributed by atoms with Gasteiger partial charge in [-0.3, -0.25) is 0 Å². The smallest absolute Gasteiger partial charge is 0.191 e. The molecule has 0 radical (unpaired) electrons. The Morgan fingerprint density at radius 1 is 1.27 bits per heavy atom. The van der Waals surface area contributed by atoms with Gasteiger partial charge in [-0.2, -0.15) is 0 Å². The second-order valence-electron chi connectivity index (χ2n) is 3.69. The Morgan fingerprint density at radius 3 is 2.67 bits per heavy atom. The number of thioether (sulfide) groups is 1. The number of hydrogen-bond acceptors (Lipinski definition) is 5. The first-order valence-electron chi connectivity index (χ1n) is 5.23. The van der Waals surface area contributed by atoms with E-state index in [1.165, 1.54) is 31.0 Å². The van der Waals surface area contributed by atoms with E-state index in [9.17, 15) is 0 Å². The van der Waals surface area contributed by atoms with E-state index in [0.29, 0.717) is 5.82 Å². The van der Waals surface area contributed by atoms with E-state index in [-0.39, 0.29) is 0 Å². The van der Waals surface area contributed by atoms with Crippen LogP contribution in [-0.4, -0.2) is 29.3 Å². The van der Waals surface area contributed by atoms with E-state index >= 15 is 0 Å². The third-order valence-corrected chi connectivity index (χ3v) is 3.12. The molecule has 1 aliphatic rings. The molecule has 0 amide bonds. The SMILES string of the molecule is CSc1nc(N)cc(N2CCCCC2)n1. The molecule has 0 aliphatic carbocycles. The first kappa shape index (κ1) is 10.5. The molecule has 0 unspecified atom stereocenters. The van der Waals surface area contributed by atoms with E-state index in [1.54, 1.807) is 0 Å². The minimum absolute atomic E-state index is 0.565. The Hall–Kier alpha value is -0.970. The van der Waals surface area contributed by atoms with Crippen molar-refractivity contribution in [3.8, 4) is 0 Å². The van der Waals surface area contributed by atoms with Crippen molar-refractivity contribution in [3.05, 3.63) is 6.07 Å². The third kappa shape index (κ3) is 2.53. The lowest BCUT2D eigenvalue weighted by molar-refractivity contribution is 0.571. The number of hydrogen-bond donors (Lipinski definition) is 1. The zero-order chi connectivity index (χ0) is 10.7. The summed E-state index contributed by atoms with van der Waals surface area (Å²) in [4.78, 5) is 10.9. The predicted molar refractivity (Wildman–Crippen MR) is 64.3 cm³/mol. The van der Waals surface area contributed by atoms with Crippen LogP contribution in [0.25, 0.3) is 0 Å². The Labute approximate surface area is 94.3 Å². The van der Waals surface area contributed by atoms with Gasteiger partial charge in [0, 0.05) is 19.2 Å². The molecule has 0 aromatic carbocycles. The van der Waals surface area contributed by atoms with Gasteiger partial charge in [-0.25, -0.2) is 9.97 Å². The maximum absolute atomic E-state index is 5.75. The minimum Gasteiger partial charge on any atom is -0.383 e. The maximum atomic E-state index is 5.75. The van der Waals surface area contributed by atoms with E-state index in [1.807, 2.05) is 12.3 Å². The van der Waals surface area contributed by atoms with E-state index < -0.39 is 0 Å². The standard InChI is InChI=1S/C10H16N4S/c1-15-10-12-8(11)7-9(13-10)14-5-3-2-4-6-14/h7H,2-6H2,1H3,(H2,11,12,13). The highest BCUT2D eigenvalue weighted by Crippen LogP contribution is 2.21. The van der Waals surface area contributed by atoms with E-state index in [0.717, 1.165) is 24.1 Å². The van der Waals surface area contributed by atoms with Gasteiger partial charge in [0.25, 0.3) is 0 Å². The molecule has 4 nitrogen and oxygen atoms in total. The van der Waals surface area contributed by atoms with Crippen LogP contribution >= 0.6 is 11.8 Å². The van der Waals surface area contributed by atoms with Crippen molar-refractivity contribution in [1.82, 2.24) is 9.97 Å². The van der Waals surface area contributed by atoms with Crippen molar-refractivity contribution in [1.29, 1.82) is 0 Å². The van der Waals surface area contributed by atoms with Crippen molar-refractivity contribution in [2.45, 2.75) is 24.4 Å². The molecule has 1 fully saturated rings. The first-order chi connectivity index (χ1) is 7.29. The minimum atomic E-state index is 0.565. The molecule has 0 saturated carbocycles. The fraction of sp³-hybridized carbons (Fsp3) is 0.600. The number of aromatic nitrogens is 2. The van der Waals surface area contributed by atoms with Gasteiger partial charge in [0.1, 0.15) is 11.6 Å². The maximum Gasteiger partial charge on any atom is 0.191 e. The number of rotatable bonds is 2. The summed E-state index contributed by atoms with van der Waals surface area (Å²) in [5, 5.41) is 0.760. The fourth-order valence-corrected chi connectivity index (χ4v) is 2.19. The van der Waals surface area contributed by atoms with Gasteiger partial charge in [0.05, 0.1) is 0 Å². The van der Waals surface area contributed by atoms with Gasteiger partial charge >= 0.3 is 0 Å².